The van der Waals surface area contributed by atoms with Crippen LogP contribution in [0.15, 0.2) is 95.8 Å². The van der Waals surface area contributed by atoms with Gasteiger partial charge in [0.2, 0.25) is 17.7 Å². The summed E-state index contributed by atoms with van der Waals surface area (Å²) in [7, 11) is 1.90. The van der Waals surface area contributed by atoms with Crippen molar-refractivity contribution in [2.24, 2.45) is 18.9 Å². The Labute approximate surface area is 461 Å². The minimum Gasteiger partial charge on any atom is -0.507 e. The van der Waals surface area contributed by atoms with Crippen LogP contribution >= 0.6 is 0 Å². The van der Waals surface area contributed by atoms with Gasteiger partial charge in [-0.3, -0.25) is 14.3 Å². The molecule has 4 aromatic heterocycles. The van der Waals surface area contributed by atoms with Crippen LogP contribution in [0, 0.1) is 11.8 Å². The molecule has 4 aliphatic heterocycles. The normalized spacial score (nSPS) is 22.3. The number of rotatable bonds is 17. The molecule has 5 fully saturated rings. The van der Waals surface area contributed by atoms with Crippen molar-refractivity contribution in [2.75, 3.05) is 85.9 Å². The van der Waals surface area contributed by atoms with Crippen molar-refractivity contribution in [1.82, 2.24) is 45.2 Å². The van der Waals surface area contributed by atoms with Gasteiger partial charge in [0, 0.05) is 128 Å². The number of nitrogens with zero attached hydrogens (tertiary/aromatic N) is 11. The maximum atomic E-state index is 14.4. The molecule has 1 aliphatic carbocycles. The summed E-state index contributed by atoms with van der Waals surface area (Å²) in [5.74, 6) is 1.64. The molecular weight excluding hydrogens is 1000 g/mol. The monoisotopic (exact) mass is 1080 g/mol. The number of aliphatic hydroxyl groups excluding tert-OH is 1. The number of anilines is 4. The van der Waals surface area contributed by atoms with E-state index in [2.05, 4.69) is 50.4 Å². The number of phenols is 1. The number of pyridine rings is 1. The number of piperidine rings is 2. The number of likely N-dealkylation sites (tertiary alicyclic amines) is 2. The lowest BCUT2D eigenvalue weighted by Gasteiger charge is -2.41. The van der Waals surface area contributed by atoms with E-state index in [9.17, 15) is 19.8 Å². The molecule has 0 spiro atoms. The maximum Gasteiger partial charge on any atom is 0.243 e. The Morgan fingerprint density at radius 2 is 1.56 bits per heavy atom. The first kappa shape index (κ1) is 53.7. The third-order valence-corrected chi connectivity index (χ3v) is 16.9. The number of nitrogens with two attached hydrogens (primary N) is 1. The zero-order valence-corrected chi connectivity index (χ0v) is 45.8. The third-order valence-electron chi connectivity index (χ3n) is 16.9. The highest BCUT2D eigenvalue weighted by atomic mass is 16.5. The van der Waals surface area contributed by atoms with Gasteiger partial charge in [-0.25, -0.2) is 4.98 Å². The lowest BCUT2D eigenvalue weighted by Crippen LogP contribution is -2.48. The van der Waals surface area contributed by atoms with E-state index in [1.807, 2.05) is 105 Å². The highest BCUT2D eigenvalue weighted by molar-refractivity contribution is 5.91. The second kappa shape index (κ2) is 23.6. The Morgan fingerprint density at radius 1 is 0.810 bits per heavy atom. The van der Waals surface area contributed by atoms with Crippen molar-refractivity contribution < 1.29 is 33.8 Å². The third kappa shape index (κ3) is 12.2. The van der Waals surface area contributed by atoms with Gasteiger partial charge in [0.1, 0.15) is 23.8 Å². The number of nitrogens with one attached hydrogen (secondary N) is 1. The van der Waals surface area contributed by atoms with E-state index in [0.717, 1.165) is 131 Å². The predicted octanol–water partition coefficient (Wildman–Crippen LogP) is 6.43. The smallest absolute Gasteiger partial charge is 0.243 e. The van der Waals surface area contributed by atoms with Gasteiger partial charge in [-0.1, -0.05) is 55.4 Å². The minimum atomic E-state index is -0.806. The molecule has 2 amide bonds. The first-order valence-electron chi connectivity index (χ1n) is 28.3. The number of aromatic nitrogens is 6. The molecule has 0 bridgehead atoms. The van der Waals surface area contributed by atoms with Gasteiger partial charge in [0.05, 0.1) is 41.4 Å². The van der Waals surface area contributed by atoms with E-state index in [0.29, 0.717) is 34.6 Å². The topological polar surface area (TPSA) is 230 Å². The van der Waals surface area contributed by atoms with Crippen molar-refractivity contribution in [3.05, 3.63) is 103 Å². The Kier molecular flexibility index (Phi) is 16.0. The van der Waals surface area contributed by atoms with E-state index in [4.69, 9.17) is 19.7 Å². The molecule has 418 valence electrons. The second-order valence-electron chi connectivity index (χ2n) is 22.6. The summed E-state index contributed by atoms with van der Waals surface area (Å²) in [6.45, 7) is 13.9. The number of ether oxygens (including phenoxy) is 2. The highest BCUT2D eigenvalue weighted by Crippen LogP contribution is 2.37. The molecule has 8 heterocycles. The molecule has 11 rings (SSSR count). The fraction of sp³-hybridized carbons (Fsp3) is 0.508. The van der Waals surface area contributed by atoms with Crippen LogP contribution < -0.4 is 30.5 Å². The molecule has 0 radical (unpaired) electrons. The number of β-amino-alcohol motifs (C(OH)–C–C–N with tert-alkyl or cyclic N) is 1. The molecule has 6 aromatic rings. The van der Waals surface area contributed by atoms with Crippen molar-refractivity contribution in [3.8, 4) is 34.1 Å². The second-order valence-corrected chi connectivity index (χ2v) is 22.6. The van der Waals surface area contributed by atoms with E-state index in [-0.39, 0.29) is 60.8 Å². The molecular formula is C59H75N13O7. The molecule has 79 heavy (non-hydrogen) atoms. The van der Waals surface area contributed by atoms with Crippen LogP contribution in [-0.4, -0.2) is 158 Å². The van der Waals surface area contributed by atoms with Gasteiger partial charge >= 0.3 is 0 Å². The quantitative estimate of drug-likeness (QED) is 0.0771. The number of piperazine rings is 1. The van der Waals surface area contributed by atoms with E-state index < -0.39 is 18.1 Å². The average molecular weight is 1080 g/mol. The highest BCUT2D eigenvalue weighted by Gasteiger charge is 2.44. The summed E-state index contributed by atoms with van der Waals surface area (Å²) in [5, 5.41) is 41.5. The van der Waals surface area contributed by atoms with E-state index in [1.165, 1.54) is 4.90 Å². The number of phenolic OH excluding ortho intramolecular Hbond substituents is 1. The number of aryl methyl sites for hydroxylation is 1. The number of nitrogen functional groups attached to an aromatic ring is 1. The van der Waals surface area contributed by atoms with Crippen LogP contribution in [0.2, 0.25) is 0 Å². The summed E-state index contributed by atoms with van der Waals surface area (Å²) in [5.41, 5.74) is 12.3. The van der Waals surface area contributed by atoms with Crippen molar-refractivity contribution in [1.29, 1.82) is 0 Å². The maximum absolute atomic E-state index is 14.4. The average Bonchev–Trinajstić information content (AvgIpc) is 4.24. The Morgan fingerprint density at radius 3 is 2.28 bits per heavy atom. The van der Waals surface area contributed by atoms with Crippen LogP contribution in [-0.2, 0) is 21.4 Å². The van der Waals surface area contributed by atoms with Crippen molar-refractivity contribution >= 4 is 34.8 Å². The zero-order valence-electron chi connectivity index (χ0n) is 45.8. The standard InChI is InChI=1S/C59H75N13O7/c1-37(2)56(59(76)72-36-43(73)30-51(72)58(75)63-38(3)40-9-11-41(12-10-40)49-14-20-62-67(49)4)53-34-54(66-79-53)71-23-15-39(16-24-71)35-68-21-17-44(18-22-68)77-45-31-46(32-45)78-55-29-42(13-19-61-55)69-25-27-70(28-26-69)50-33-48(64-65-57(50)60)47-7-5-6-8-52(47)74/h5-14,19-20,29,33-34,37-39,43-46,51,56,73-74H,15-18,21-28,30-32,35-36H2,1-4H3,(H2,60,65)(H,63,75)/t38-,43+,45?,46?,51-,56-/m0/s1. The number of benzene rings is 2. The minimum absolute atomic E-state index is 0.0805. The molecule has 20 heteroatoms. The SMILES string of the molecule is CC(C)[C@H](C(=O)N1C[C@H](O)C[C@H]1C(=O)N[C@@H](C)c1ccc(-c2ccnn2C)cc1)c1cc(N2CCC(CN3CCC(OC4CC(Oc5cc(N6CCN(c7cc(-c8ccccc8O)nnc7N)CC6)ccn5)C4)CC3)CC2)no1. The number of carbonyl (C=O) groups excluding carboxylic acids is 2. The molecule has 4 saturated heterocycles. The van der Waals surface area contributed by atoms with Crippen molar-refractivity contribution in [3.63, 3.8) is 0 Å². The number of carbonyl (C=O) groups is 2. The molecule has 0 unspecified atom stereocenters. The summed E-state index contributed by atoms with van der Waals surface area (Å²) in [4.78, 5) is 43.7. The Bertz CT molecular complexity index is 3030. The van der Waals surface area contributed by atoms with Gasteiger partial charge in [-0.2, -0.15) is 5.10 Å². The first-order chi connectivity index (χ1) is 38.3. The molecule has 4 atom stereocenters. The van der Waals surface area contributed by atoms with Gasteiger partial charge in [-0.15, -0.1) is 10.2 Å². The fourth-order valence-electron chi connectivity index (χ4n) is 12.2. The number of amides is 2. The number of hydrogen-bond acceptors (Lipinski definition) is 17. The molecule has 5 N–H and O–H groups in total. The van der Waals surface area contributed by atoms with E-state index in [1.54, 1.807) is 18.3 Å². The van der Waals surface area contributed by atoms with E-state index >= 15 is 0 Å². The number of aliphatic hydroxyl groups is 1. The summed E-state index contributed by atoms with van der Waals surface area (Å²) < 4.78 is 20.7. The molecule has 20 nitrogen and oxygen atoms in total. The summed E-state index contributed by atoms with van der Waals surface area (Å²) >= 11 is 0. The van der Waals surface area contributed by atoms with Crippen molar-refractivity contribution in [2.45, 2.75) is 108 Å². The summed E-state index contributed by atoms with van der Waals surface area (Å²) in [6.07, 6.45) is 9.36. The van der Waals surface area contributed by atoms with Crippen LogP contribution in [0.25, 0.3) is 22.5 Å². The molecule has 2 aromatic carbocycles. The first-order valence-corrected chi connectivity index (χ1v) is 28.3. The fourth-order valence-corrected chi connectivity index (χ4v) is 12.2. The number of aromatic hydroxyl groups is 1. The molecule has 5 aliphatic rings. The van der Waals surface area contributed by atoms with Crippen LogP contribution in [0.4, 0.5) is 23.0 Å². The predicted molar refractivity (Wildman–Crippen MR) is 301 cm³/mol. The van der Waals surface area contributed by atoms with Crippen LogP contribution in [0.5, 0.6) is 11.6 Å². The van der Waals surface area contributed by atoms with Gasteiger partial charge in [-0.05, 0) is 85.9 Å². The Balaban J connectivity index is 0.589. The van der Waals surface area contributed by atoms with Gasteiger partial charge in [0.15, 0.2) is 17.4 Å². The lowest BCUT2D eigenvalue weighted by atomic mass is 9.91. The van der Waals surface area contributed by atoms with Crippen LogP contribution in [0.1, 0.15) is 89.0 Å². The zero-order chi connectivity index (χ0) is 54.7. The largest absolute Gasteiger partial charge is 0.507 e. The van der Waals surface area contributed by atoms with Gasteiger partial charge < -0.3 is 59.8 Å². The molecule has 1 saturated carbocycles. The number of para-hydroxylation sites is 1. The number of hydrogen-bond donors (Lipinski definition) is 4. The van der Waals surface area contributed by atoms with Gasteiger partial charge in [0.25, 0.3) is 0 Å². The Hall–Kier alpha value is -7.29. The lowest BCUT2D eigenvalue weighted by molar-refractivity contribution is -0.141. The summed E-state index contributed by atoms with van der Waals surface area (Å²) in [6, 6.07) is 23.8. The van der Waals surface area contributed by atoms with Crippen LogP contribution in [0.3, 0.4) is 0 Å².